The highest BCUT2D eigenvalue weighted by Crippen LogP contribution is 2.50. The van der Waals surface area contributed by atoms with E-state index in [1.54, 1.807) is 0 Å². The van der Waals surface area contributed by atoms with Gasteiger partial charge in [0, 0.05) is 48.7 Å². The summed E-state index contributed by atoms with van der Waals surface area (Å²) in [5.41, 5.74) is 10.4. The van der Waals surface area contributed by atoms with Crippen LogP contribution in [0, 0.1) is 0 Å². The van der Waals surface area contributed by atoms with Crippen molar-refractivity contribution in [2.24, 2.45) is 0 Å². The minimum absolute atomic E-state index is 0.0819. The zero-order chi connectivity index (χ0) is 51.5. The summed E-state index contributed by atoms with van der Waals surface area (Å²) in [7, 11) is 0. The molecule has 0 spiro atoms. The normalized spacial score (nSPS) is 29.0. The SMILES string of the molecule is O[C@@]1([C@@H]2c3ccccc3-c3cncn32)CCCOC1.O[C@@]1([C@H]2c3ccccc3-c3cncn32)CCCOC1.O[C@]1([C@@H]2c3ccccc3-c3cncn32)CCCOC1.O[C@]1([C@H]2c3ccccc3-c3cncn32)CCCOC1. The second-order valence-corrected chi connectivity index (χ2v) is 21.7. The topological polar surface area (TPSA) is 189 Å². The molecule has 4 fully saturated rings. The molecule has 0 amide bonds. The first kappa shape index (κ1) is 49.0. The molecule has 8 aliphatic heterocycles. The highest BCUT2D eigenvalue weighted by atomic mass is 16.5. The van der Waals surface area contributed by atoms with Gasteiger partial charge < -0.3 is 57.6 Å². The third kappa shape index (κ3) is 8.28. The Morgan fingerprint density at radius 1 is 0.342 bits per heavy atom. The molecule has 8 atom stereocenters. The molecule has 4 aromatic carbocycles. The lowest BCUT2D eigenvalue weighted by Crippen LogP contribution is -2.45. The van der Waals surface area contributed by atoms with Crippen LogP contribution in [0.25, 0.3) is 45.0 Å². The molecular weight excluding hydrogens is 961 g/mol. The van der Waals surface area contributed by atoms with Gasteiger partial charge in [0.1, 0.15) is 22.4 Å². The van der Waals surface area contributed by atoms with E-state index in [0.717, 1.165) is 101 Å². The molecule has 0 radical (unpaired) electrons. The number of aromatic nitrogens is 8. The van der Waals surface area contributed by atoms with Crippen LogP contribution in [0.15, 0.2) is 147 Å². The quantitative estimate of drug-likeness (QED) is 0.133. The van der Waals surface area contributed by atoms with E-state index in [1.165, 1.54) is 44.5 Å². The van der Waals surface area contributed by atoms with Crippen LogP contribution in [-0.2, 0) is 18.9 Å². The van der Waals surface area contributed by atoms with Gasteiger partial charge in [0.15, 0.2) is 0 Å². The predicted molar refractivity (Wildman–Crippen MR) is 283 cm³/mol. The van der Waals surface area contributed by atoms with E-state index in [-0.39, 0.29) is 24.2 Å². The van der Waals surface area contributed by atoms with E-state index in [9.17, 15) is 20.4 Å². The molecule has 4 saturated heterocycles. The first-order valence-corrected chi connectivity index (χ1v) is 26.8. The fourth-order valence-corrected chi connectivity index (χ4v) is 13.6. The number of hydrogen-bond acceptors (Lipinski definition) is 12. The van der Waals surface area contributed by atoms with Crippen LogP contribution < -0.4 is 0 Å². The molecule has 8 aliphatic rings. The van der Waals surface area contributed by atoms with Gasteiger partial charge >= 0.3 is 0 Å². The molecule has 0 unspecified atom stereocenters. The Hall–Kier alpha value is -6.60. The van der Waals surface area contributed by atoms with E-state index in [2.05, 4.69) is 86.7 Å². The Morgan fingerprint density at radius 2 is 0.566 bits per heavy atom. The molecule has 16 heteroatoms. The Morgan fingerprint density at radius 3 is 0.776 bits per heavy atom. The van der Waals surface area contributed by atoms with Crippen LogP contribution in [0.3, 0.4) is 0 Å². The van der Waals surface area contributed by atoms with E-state index >= 15 is 0 Å². The summed E-state index contributed by atoms with van der Waals surface area (Å²) in [6.07, 6.45) is 21.4. The van der Waals surface area contributed by atoms with Crippen molar-refractivity contribution in [3.63, 3.8) is 0 Å². The molecule has 4 aromatic heterocycles. The van der Waals surface area contributed by atoms with E-state index in [0.29, 0.717) is 26.4 Å². The molecular formula is C60H64N8O8. The first-order chi connectivity index (χ1) is 37.2. The summed E-state index contributed by atoms with van der Waals surface area (Å²) in [6.45, 7) is 4.54. The van der Waals surface area contributed by atoms with Crippen molar-refractivity contribution in [2.45, 2.75) is 97.9 Å². The highest BCUT2D eigenvalue weighted by Gasteiger charge is 2.49. The van der Waals surface area contributed by atoms with Crippen molar-refractivity contribution >= 4 is 0 Å². The average Bonchev–Trinajstić information content (AvgIpc) is 4.32. The highest BCUT2D eigenvalue weighted by molar-refractivity contribution is 5.72. The molecule has 0 aliphatic carbocycles. The lowest BCUT2D eigenvalue weighted by atomic mass is 9.84. The van der Waals surface area contributed by atoms with E-state index in [4.69, 9.17) is 18.9 Å². The molecule has 4 N–H and O–H groups in total. The molecule has 16 nitrogen and oxygen atoms in total. The molecule has 12 heterocycles. The summed E-state index contributed by atoms with van der Waals surface area (Å²) < 4.78 is 30.4. The van der Waals surface area contributed by atoms with Crippen LogP contribution in [0.5, 0.6) is 0 Å². The van der Waals surface area contributed by atoms with Crippen molar-refractivity contribution in [3.05, 3.63) is 169 Å². The molecule has 392 valence electrons. The van der Waals surface area contributed by atoms with Crippen molar-refractivity contribution in [1.82, 2.24) is 38.2 Å². The Labute approximate surface area is 441 Å². The molecule has 16 rings (SSSR count). The minimum Gasteiger partial charge on any atom is -0.385 e. The maximum absolute atomic E-state index is 11.0. The second kappa shape index (κ2) is 19.8. The van der Waals surface area contributed by atoms with Crippen LogP contribution in [0.4, 0.5) is 0 Å². The maximum atomic E-state index is 11.0. The zero-order valence-corrected chi connectivity index (χ0v) is 42.5. The van der Waals surface area contributed by atoms with Crippen LogP contribution >= 0.6 is 0 Å². The molecule has 76 heavy (non-hydrogen) atoms. The van der Waals surface area contributed by atoms with Gasteiger partial charge in [-0.2, -0.15) is 0 Å². The monoisotopic (exact) mass is 1020 g/mol. The van der Waals surface area contributed by atoms with Gasteiger partial charge in [0.05, 0.1) is 123 Å². The lowest BCUT2D eigenvalue weighted by Gasteiger charge is -2.38. The molecule has 8 aromatic rings. The van der Waals surface area contributed by atoms with Crippen molar-refractivity contribution in [3.8, 4) is 45.0 Å². The standard InChI is InChI=1S/4C15H16N2O2/c4*18-15(6-3-7-19-9-15)14-12-5-2-1-4-11(12)13-8-16-10-17(13)14/h4*1-2,4-5,8,10,14,18H,3,6-7,9H2/t2*14-,15+;2*14-,15-/m1010/s1. The fourth-order valence-electron chi connectivity index (χ4n) is 13.6. The number of nitrogens with zero attached hydrogens (tertiary/aromatic N) is 8. The summed E-state index contributed by atoms with van der Waals surface area (Å²) in [4.78, 5) is 16.9. The molecule has 0 saturated carbocycles. The third-order valence-corrected chi connectivity index (χ3v) is 16.9. The van der Waals surface area contributed by atoms with Gasteiger partial charge in [-0.05, 0) is 73.6 Å². The number of imidazole rings is 4. The lowest BCUT2D eigenvalue weighted by molar-refractivity contribution is -0.105. The second-order valence-electron chi connectivity index (χ2n) is 21.7. The van der Waals surface area contributed by atoms with Crippen LogP contribution in [-0.4, -0.2) is 134 Å². The number of benzene rings is 4. The van der Waals surface area contributed by atoms with Crippen LogP contribution in [0.1, 0.15) is 97.8 Å². The smallest absolute Gasteiger partial charge is 0.113 e. The zero-order valence-electron chi connectivity index (χ0n) is 42.5. The summed E-state index contributed by atoms with van der Waals surface area (Å²) in [6, 6.07) is 32.6. The van der Waals surface area contributed by atoms with Crippen LogP contribution in [0.2, 0.25) is 0 Å². The first-order valence-electron chi connectivity index (χ1n) is 26.8. The minimum atomic E-state index is -0.833. The maximum Gasteiger partial charge on any atom is 0.113 e. The summed E-state index contributed by atoms with van der Waals surface area (Å²) in [5.74, 6) is 0. The van der Waals surface area contributed by atoms with Gasteiger partial charge in [-0.1, -0.05) is 97.1 Å². The predicted octanol–water partition coefficient (Wildman–Crippen LogP) is 7.98. The molecule has 0 bridgehead atoms. The van der Waals surface area contributed by atoms with Crippen molar-refractivity contribution < 1.29 is 39.4 Å². The Balaban J connectivity index is 0.0000000970. The number of ether oxygens (including phenoxy) is 4. The van der Waals surface area contributed by atoms with Gasteiger partial charge in [0.2, 0.25) is 0 Å². The van der Waals surface area contributed by atoms with E-state index in [1.807, 2.05) is 98.6 Å². The number of fused-ring (bicyclic) bond motifs is 12. The Kier molecular flexibility index (Phi) is 12.7. The van der Waals surface area contributed by atoms with Gasteiger partial charge in [-0.3, -0.25) is 0 Å². The Bertz CT molecular complexity index is 2900. The average molecular weight is 1030 g/mol. The number of hydrogen-bond donors (Lipinski definition) is 4. The number of aliphatic hydroxyl groups is 4. The number of rotatable bonds is 4. The van der Waals surface area contributed by atoms with Gasteiger partial charge in [0.25, 0.3) is 0 Å². The van der Waals surface area contributed by atoms with Crippen molar-refractivity contribution in [2.75, 3.05) is 52.9 Å². The fraction of sp³-hybridized carbons (Fsp3) is 0.400. The third-order valence-electron chi connectivity index (χ3n) is 16.9. The van der Waals surface area contributed by atoms with Gasteiger partial charge in [-0.15, -0.1) is 0 Å². The summed E-state index contributed by atoms with van der Waals surface area (Å²) >= 11 is 0. The van der Waals surface area contributed by atoms with Crippen molar-refractivity contribution in [1.29, 1.82) is 0 Å². The van der Waals surface area contributed by atoms with E-state index < -0.39 is 22.4 Å². The van der Waals surface area contributed by atoms with Gasteiger partial charge in [-0.25, -0.2) is 19.9 Å². The summed E-state index contributed by atoms with van der Waals surface area (Å²) in [5, 5.41) is 44.0. The largest absolute Gasteiger partial charge is 0.385 e.